The van der Waals surface area contributed by atoms with Gasteiger partial charge in [-0.3, -0.25) is 4.79 Å². The summed E-state index contributed by atoms with van der Waals surface area (Å²) in [5.74, 6) is -2.52. The molecule has 1 aliphatic heterocycles. The Morgan fingerprint density at radius 1 is 1.13 bits per heavy atom. The normalized spacial score (nSPS) is 18.0. The summed E-state index contributed by atoms with van der Waals surface area (Å²) in [7, 11) is 0. The molecule has 0 saturated heterocycles. The lowest BCUT2D eigenvalue weighted by Crippen LogP contribution is -2.45. The van der Waals surface area contributed by atoms with Crippen LogP contribution >= 0.6 is 0 Å². The van der Waals surface area contributed by atoms with Crippen LogP contribution < -0.4 is 10.1 Å². The Hall–Kier alpha value is -4.23. The summed E-state index contributed by atoms with van der Waals surface area (Å²) in [6.07, 6.45) is -5.79. The van der Waals surface area contributed by atoms with Crippen LogP contribution in [0.4, 0.5) is 13.2 Å². The number of carboxylic acids is 1. The molecule has 198 valence electrons. The fourth-order valence-electron chi connectivity index (χ4n) is 4.04. The van der Waals surface area contributed by atoms with E-state index in [0.717, 1.165) is 0 Å². The predicted octanol–water partition coefficient (Wildman–Crippen LogP) is 4.18. The summed E-state index contributed by atoms with van der Waals surface area (Å²) >= 11 is 0. The Kier molecular flexibility index (Phi) is 6.63. The number of aliphatic hydroxyl groups is 1. The first-order valence-corrected chi connectivity index (χ1v) is 11.5. The first kappa shape index (κ1) is 25.4. The lowest BCUT2D eigenvalue weighted by Gasteiger charge is -2.31. The number of nitrogens with one attached hydrogen (secondary N) is 1. The number of aliphatic hydroxyl groups excluding tert-OH is 1. The second kappa shape index (κ2) is 9.91. The van der Waals surface area contributed by atoms with Gasteiger partial charge in [0.15, 0.2) is 0 Å². The van der Waals surface area contributed by atoms with Gasteiger partial charge < -0.3 is 29.3 Å². The van der Waals surface area contributed by atoms with Crippen molar-refractivity contribution in [3.8, 4) is 40.0 Å². The fraction of sp³-hybridized carbons (Fsp3) is 0.280. The molecule has 0 aliphatic carbocycles. The van der Waals surface area contributed by atoms with E-state index >= 15 is 0 Å². The van der Waals surface area contributed by atoms with Crippen LogP contribution in [0.15, 0.2) is 57.6 Å². The molecule has 4 aromatic rings. The van der Waals surface area contributed by atoms with Crippen LogP contribution in [0.3, 0.4) is 0 Å². The monoisotopic (exact) mass is 530 g/mol. The summed E-state index contributed by atoms with van der Waals surface area (Å²) in [4.78, 5) is 15.1. The van der Waals surface area contributed by atoms with E-state index in [2.05, 4.69) is 20.6 Å². The van der Waals surface area contributed by atoms with Gasteiger partial charge in [0, 0.05) is 23.2 Å². The van der Waals surface area contributed by atoms with E-state index in [1.165, 1.54) is 18.2 Å². The van der Waals surface area contributed by atoms with E-state index in [1.54, 1.807) is 37.3 Å². The highest BCUT2D eigenvalue weighted by atomic mass is 19.4. The molecule has 0 bridgehead atoms. The van der Waals surface area contributed by atoms with Gasteiger partial charge in [0.05, 0.1) is 12.0 Å². The van der Waals surface area contributed by atoms with Crippen LogP contribution in [-0.4, -0.2) is 50.7 Å². The molecule has 0 spiro atoms. The topological polar surface area (TPSA) is 144 Å². The molecular formula is C25H21F3N4O6. The van der Waals surface area contributed by atoms with Gasteiger partial charge in [-0.05, 0) is 6.07 Å². The third-order valence-corrected chi connectivity index (χ3v) is 6.14. The highest BCUT2D eigenvalue weighted by Crippen LogP contribution is 2.43. The quantitative estimate of drug-likeness (QED) is 0.318. The van der Waals surface area contributed by atoms with Gasteiger partial charge in [-0.25, -0.2) is 0 Å². The maximum Gasteiger partial charge on any atom is 0.422 e. The van der Waals surface area contributed by atoms with E-state index in [4.69, 9.17) is 18.9 Å². The number of carboxylic acid groups (broad SMARTS) is 1. The second-order valence-electron chi connectivity index (χ2n) is 8.78. The zero-order valence-corrected chi connectivity index (χ0v) is 19.8. The molecule has 0 amide bonds. The number of hydrogen-bond donors (Lipinski definition) is 3. The summed E-state index contributed by atoms with van der Waals surface area (Å²) in [6, 6.07) is 11.9. The van der Waals surface area contributed by atoms with Crippen molar-refractivity contribution in [2.24, 2.45) is 5.92 Å². The average Bonchev–Trinajstić information content (AvgIpc) is 3.56. The Bertz CT molecular complexity index is 1450. The minimum absolute atomic E-state index is 0.0257. The van der Waals surface area contributed by atoms with Gasteiger partial charge in [0.2, 0.25) is 11.6 Å². The highest BCUT2D eigenvalue weighted by molar-refractivity contribution is 5.71. The van der Waals surface area contributed by atoms with Crippen LogP contribution in [0.5, 0.6) is 5.75 Å². The minimum atomic E-state index is -4.81. The molecule has 2 aromatic heterocycles. The largest absolute Gasteiger partial charge is 0.491 e. The van der Waals surface area contributed by atoms with Gasteiger partial charge in [-0.1, -0.05) is 59.7 Å². The highest BCUT2D eigenvalue weighted by Gasteiger charge is 2.43. The van der Waals surface area contributed by atoms with Gasteiger partial charge in [0.1, 0.15) is 29.7 Å². The summed E-state index contributed by atoms with van der Waals surface area (Å²) in [5.41, 5.74) is -0.499. The molecule has 38 heavy (non-hydrogen) atoms. The molecule has 0 saturated carbocycles. The second-order valence-corrected chi connectivity index (χ2v) is 8.78. The van der Waals surface area contributed by atoms with E-state index in [0.29, 0.717) is 16.9 Å². The third kappa shape index (κ3) is 4.85. The average molecular weight is 530 g/mol. The molecule has 10 nitrogen and oxygen atoms in total. The van der Waals surface area contributed by atoms with E-state index < -0.39 is 53.1 Å². The van der Waals surface area contributed by atoms with Crippen LogP contribution in [0.2, 0.25) is 0 Å². The first-order valence-electron chi connectivity index (χ1n) is 11.5. The van der Waals surface area contributed by atoms with Crippen molar-refractivity contribution in [2.75, 3.05) is 13.2 Å². The maximum atomic E-state index is 14.0. The molecule has 13 heteroatoms. The lowest BCUT2D eigenvalue weighted by molar-refractivity contribution is -0.141. The Morgan fingerprint density at radius 3 is 2.61 bits per heavy atom. The predicted molar refractivity (Wildman–Crippen MR) is 125 cm³/mol. The SMILES string of the molecule is CC(CN[C@@H]1COc2cc(-c3noc(-c4onc(-c5ccccc5)c4C(F)(F)F)n3)ccc2[C@H]1O)C(=O)O. The summed E-state index contributed by atoms with van der Waals surface area (Å²) in [6.45, 7) is 1.76. The van der Waals surface area contributed by atoms with Crippen LogP contribution in [0, 0.1) is 5.92 Å². The number of hydrogen-bond acceptors (Lipinski definition) is 9. The number of alkyl halides is 3. The van der Waals surface area contributed by atoms with Gasteiger partial charge in [0.25, 0.3) is 5.89 Å². The maximum absolute atomic E-state index is 14.0. The van der Waals surface area contributed by atoms with Crippen molar-refractivity contribution in [3.63, 3.8) is 0 Å². The third-order valence-electron chi connectivity index (χ3n) is 6.14. The van der Waals surface area contributed by atoms with E-state index in [1.807, 2.05) is 0 Å². The zero-order chi connectivity index (χ0) is 27.0. The molecule has 2 aromatic carbocycles. The molecular weight excluding hydrogens is 509 g/mol. The Balaban J connectivity index is 1.40. The number of aromatic nitrogens is 3. The van der Waals surface area contributed by atoms with E-state index in [-0.39, 0.29) is 24.5 Å². The summed E-state index contributed by atoms with van der Waals surface area (Å²) < 4.78 is 57.8. The number of rotatable bonds is 7. The first-order chi connectivity index (χ1) is 18.1. The lowest BCUT2D eigenvalue weighted by atomic mass is 9.97. The fourth-order valence-corrected chi connectivity index (χ4v) is 4.04. The number of aliphatic carboxylic acids is 1. The smallest absolute Gasteiger partial charge is 0.422 e. The molecule has 3 N–H and O–H groups in total. The zero-order valence-electron chi connectivity index (χ0n) is 19.8. The number of benzene rings is 2. The molecule has 5 rings (SSSR count). The van der Waals surface area contributed by atoms with Crippen molar-refractivity contribution in [1.29, 1.82) is 0 Å². The van der Waals surface area contributed by atoms with Crippen LogP contribution in [0.1, 0.15) is 24.2 Å². The number of halogens is 3. The van der Waals surface area contributed by atoms with Crippen molar-refractivity contribution in [3.05, 3.63) is 59.7 Å². The number of nitrogens with zero attached hydrogens (tertiary/aromatic N) is 3. The van der Waals surface area contributed by atoms with Gasteiger partial charge in [-0.2, -0.15) is 18.2 Å². The Labute approximate surface area is 213 Å². The van der Waals surface area contributed by atoms with Crippen molar-refractivity contribution in [2.45, 2.75) is 25.2 Å². The molecule has 3 atom stereocenters. The standard InChI is InChI=1S/C25H21F3N4O6/c1-12(24(34)35)10-29-16-11-36-17-9-14(7-8-15(17)20(16)33)22-30-23(38-32-22)21-18(25(26,27)28)19(31-37-21)13-5-3-2-4-6-13/h2-9,12,16,20,29,33H,10-11H2,1H3,(H,34,35)/t12?,16-,20-/m1/s1. The number of carbonyl (C=O) groups is 1. The van der Waals surface area contributed by atoms with Crippen molar-refractivity contribution < 1.29 is 42.0 Å². The van der Waals surface area contributed by atoms with Crippen molar-refractivity contribution >= 4 is 5.97 Å². The van der Waals surface area contributed by atoms with Crippen molar-refractivity contribution in [1.82, 2.24) is 20.6 Å². The number of fused-ring (bicyclic) bond motifs is 1. The molecule has 0 radical (unpaired) electrons. The molecule has 1 unspecified atom stereocenters. The van der Waals surface area contributed by atoms with Crippen LogP contribution in [0.25, 0.3) is 34.3 Å². The molecule has 0 fully saturated rings. The molecule has 3 heterocycles. The Morgan fingerprint density at radius 2 is 1.89 bits per heavy atom. The van der Waals surface area contributed by atoms with Gasteiger partial charge >= 0.3 is 12.1 Å². The van der Waals surface area contributed by atoms with Crippen LogP contribution in [-0.2, 0) is 11.0 Å². The molecule has 1 aliphatic rings. The van der Waals surface area contributed by atoms with Gasteiger partial charge in [-0.15, -0.1) is 0 Å². The van der Waals surface area contributed by atoms with E-state index in [9.17, 15) is 23.1 Å². The number of ether oxygens (including phenoxy) is 1. The minimum Gasteiger partial charge on any atom is -0.491 e. The summed E-state index contributed by atoms with van der Waals surface area (Å²) in [5, 5.41) is 30.2.